The Morgan fingerprint density at radius 3 is 2.31 bits per heavy atom. The lowest BCUT2D eigenvalue weighted by Gasteiger charge is -2.16. The number of halogens is 1. The number of sulfone groups is 1. The summed E-state index contributed by atoms with van der Waals surface area (Å²) in [5.74, 6) is -0.146. The number of hydrogen-bond donors (Lipinski definition) is 1. The van der Waals surface area contributed by atoms with Crippen molar-refractivity contribution in [1.82, 2.24) is 4.98 Å². The number of pyridine rings is 1. The van der Waals surface area contributed by atoms with Gasteiger partial charge < -0.3 is 14.6 Å². The van der Waals surface area contributed by atoms with Crippen molar-refractivity contribution in [2.75, 3.05) is 20.0 Å². The number of methoxy groups -OCH3 is 1. The third-order valence-electron chi connectivity index (χ3n) is 4.99. The number of hydrogen-bond acceptors (Lipinski definition) is 6. The lowest BCUT2D eigenvalue weighted by atomic mass is 9.97. The molecule has 0 spiro atoms. The minimum Gasteiger partial charge on any atom is -0.494 e. The number of rotatable bonds is 9. The zero-order valence-corrected chi connectivity index (χ0v) is 19.1. The van der Waals surface area contributed by atoms with Crippen LogP contribution >= 0.6 is 0 Å². The molecular weight excluding hydrogens is 433 g/mol. The largest absolute Gasteiger partial charge is 0.494 e. The van der Waals surface area contributed by atoms with Gasteiger partial charge in [-0.2, -0.15) is 0 Å². The van der Waals surface area contributed by atoms with Crippen molar-refractivity contribution in [1.29, 1.82) is 0 Å². The number of nitrogens with zero attached hydrogens (tertiary/aromatic N) is 1. The van der Waals surface area contributed by atoms with Gasteiger partial charge in [-0.3, -0.25) is 0 Å². The van der Waals surface area contributed by atoms with Crippen molar-refractivity contribution in [2.45, 2.75) is 31.3 Å². The molecule has 0 aliphatic heterocycles. The quantitative estimate of drug-likeness (QED) is 0.469. The highest BCUT2D eigenvalue weighted by molar-refractivity contribution is 7.90. The van der Waals surface area contributed by atoms with E-state index in [1.54, 1.807) is 24.3 Å². The smallest absolute Gasteiger partial charge is 0.219 e. The summed E-state index contributed by atoms with van der Waals surface area (Å²) in [6.45, 7) is 2.19. The molecule has 0 saturated carbocycles. The summed E-state index contributed by atoms with van der Waals surface area (Å²) in [4.78, 5) is 4.81. The first-order valence-electron chi connectivity index (χ1n) is 10.2. The lowest BCUT2D eigenvalue weighted by molar-refractivity contribution is 0.255. The molecule has 0 unspecified atom stereocenters. The van der Waals surface area contributed by atoms with Gasteiger partial charge in [0.05, 0.1) is 30.9 Å². The maximum Gasteiger partial charge on any atom is 0.219 e. The molecule has 0 radical (unpaired) electrons. The number of benzene rings is 2. The summed E-state index contributed by atoms with van der Waals surface area (Å²) in [6.07, 6.45) is 2.91. The molecule has 6 nitrogen and oxygen atoms in total. The van der Waals surface area contributed by atoms with Crippen LogP contribution in [0.3, 0.4) is 0 Å². The van der Waals surface area contributed by atoms with Gasteiger partial charge in [-0.15, -0.1) is 0 Å². The van der Waals surface area contributed by atoms with Crippen molar-refractivity contribution >= 4 is 9.84 Å². The topological polar surface area (TPSA) is 85.7 Å². The first-order valence-corrected chi connectivity index (χ1v) is 12.1. The molecule has 0 bridgehead atoms. The van der Waals surface area contributed by atoms with E-state index in [4.69, 9.17) is 9.47 Å². The molecule has 2 aromatic carbocycles. The second-order valence-corrected chi connectivity index (χ2v) is 9.37. The van der Waals surface area contributed by atoms with Crippen molar-refractivity contribution in [3.05, 3.63) is 59.9 Å². The Bertz CT molecular complexity index is 1190. The fourth-order valence-electron chi connectivity index (χ4n) is 3.22. The molecule has 0 aliphatic rings. The second kappa shape index (κ2) is 10.1. The normalized spacial score (nSPS) is 11.4. The molecule has 3 aromatic rings. The Labute approximate surface area is 187 Å². The molecule has 0 aliphatic carbocycles. The average molecular weight is 460 g/mol. The van der Waals surface area contributed by atoms with Gasteiger partial charge in [0.1, 0.15) is 0 Å². The SMILES string of the molecule is CCCCOc1nc(-c2ccc(OC)c(F)c2)c(-c2ccc(S(C)(=O)=O)cc2)cc1CO. The van der Waals surface area contributed by atoms with Crippen LogP contribution in [-0.2, 0) is 16.4 Å². The Hall–Kier alpha value is -2.97. The first-order chi connectivity index (χ1) is 15.3. The molecule has 1 heterocycles. The van der Waals surface area contributed by atoms with Gasteiger partial charge in [0.15, 0.2) is 21.4 Å². The summed E-state index contributed by atoms with van der Waals surface area (Å²) >= 11 is 0. The van der Waals surface area contributed by atoms with Crippen LogP contribution in [0.5, 0.6) is 11.6 Å². The number of aliphatic hydroxyl groups is 1. The van der Waals surface area contributed by atoms with Crippen LogP contribution in [-0.4, -0.2) is 38.5 Å². The lowest BCUT2D eigenvalue weighted by Crippen LogP contribution is -2.05. The summed E-state index contributed by atoms with van der Waals surface area (Å²) in [7, 11) is -1.96. The predicted octanol–water partition coefficient (Wildman–Crippen LogP) is 4.64. The van der Waals surface area contributed by atoms with Crippen molar-refractivity contribution < 1.29 is 27.4 Å². The van der Waals surface area contributed by atoms with E-state index in [0.29, 0.717) is 34.6 Å². The molecule has 0 saturated heterocycles. The minimum atomic E-state index is -3.35. The van der Waals surface area contributed by atoms with E-state index in [1.165, 1.54) is 31.4 Å². The van der Waals surface area contributed by atoms with Gasteiger partial charge in [0.25, 0.3) is 0 Å². The van der Waals surface area contributed by atoms with E-state index in [-0.39, 0.29) is 23.1 Å². The predicted molar refractivity (Wildman–Crippen MR) is 121 cm³/mol. The van der Waals surface area contributed by atoms with Crippen LogP contribution in [0, 0.1) is 5.82 Å². The van der Waals surface area contributed by atoms with Crippen molar-refractivity contribution in [3.8, 4) is 34.0 Å². The highest BCUT2D eigenvalue weighted by atomic mass is 32.2. The standard InChI is InChI=1S/C24H26FNO5S/c1-4-5-12-31-24-18(15-27)13-20(16-6-9-19(10-7-16)32(3,28)29)23(26-24)17-8-11-22(30-2)21(25)14-17/h6-11,13-14,27H,4-5,12,15H2,1-3H3. The minimum absolute atomic E-state index is 0.110. The highest BCUT2D eigenvalue weighted by Crippen LogP contribution is 2.36. The van der Waals surface area contributed by atoms with E-state index in [1.807, 2.05) is 6.92 Å². The van der Waals surface area contributed by atoms with E-state index in [2.05, 4.69) is 4.98 Å². The third-order valence-corrected chi connectivity index (χ3v) is 6.12. The number of ether oxygens (including phenoxy) is 2. The van der Waals surface area contributed by atoms with E-state index < -0.39 is 15.7 Å². The van der Waals surface area contributed by atoms with Gasteiger partial charge in [-0.1, -0.05) is 25.5 Å². The summed E-state index contributed by atoms with van der Waals surface area (Å²) in [5.41, 5.74) is 2.71. The molecule has 3 rings (SSSR count). The summed E-state index contributed by atoms with van der Waals surface area (Å²) in [6, 6.07) is 12.6. The van der Waals surface area contributed by atoms with Crippen LogP contribution in [0.4, 0.5) is 4.39 Å². The Morgan fingerprint density at radius 2 is 1.75 bits per heavy atom. The number of aliphatic hydroxyl groups excluding tert-OH is 1. The van der Waals surface area contributed by atoms with Gasteiger partial charge in [0.2, 0.25) is 5.88 Å². The van der Waals surface area contributed by atoms with E-state index in [9.17, 15) is 17.9 Å². The van der Waals surface area contributed by atoms with Crippen LogP contribution < -0.4 is 9.47 Å². The molecule has 8 heteroatoms. The third kappa shape index (κ3) is 5.26. The molecule has 32 heavy (non-hydrogen) atoms. The fraction of sp³-hybridized carbons (Fsp3) is 0.292. The van der Waals surface area contributed by atoms with Gasteiger partial charge in [0, 0.05) is 22.9 Å². The van der Waals surface area contributed by atoms with Crippen LogP contribution in [0.1, 0.15) is 25.3 Å². The Morgan fingerprint density at radius 1 is 1.06 bits per heavy atom. The first kappa shape index (κ1) is 23.7. The fourth-order valence-corrected chi connectivity index (χ4v) is 3.86. The molecule has 0 atom stereocenters. The maximum absolute atomic E-state index is 14.5. The molecule has 0 fully saturated rings. The number of unbranched alkanes of at least 4 members (excludes halogenated alkanes) is 1. The monoisotopic (exact) mass is 459 g/mol. The molecule has 1 aromatic heterocycles. The van der Waals surface area contributed by atoms with Crippen LogP contribution in [0.25, 0.3) is 22.4 Å². The maximum atomic E-state index is 14.5. The number of aromatic nitrogens is 1. The average Bonchev–Trinajstić information content (AvgIpc) is 2.78. The van der Waals surface area contributed by atoms with Gasteiger partial charge in [-0.05, 0) is 48.4 Å². The van der Waals surface area contributed by atoms with Crippen LogP contribution in [0.2, 0.25) is 0 Å². The summed E-state index contributed by atoms with van der Waals surface area (Å²) < 4.78 is 48.9. The van der Waals surface area contributed by atoms with Crippen molar-refractivity contribution in [3.63, 3.8) is 0 Å². The summed E-state index contributed by atoms with van der Waals surface area (Å²) in [5, 5.41) is 9.90. The highest BCUT2D eigenvalue weighted by Gasteiger charge is 2.18. The molecule has 170 valence electrons. The zero-order valence-electron chi connectivity index (χ0n) is 18.3. The zero-order chi connectivity index (χ0) is 23.3. The Balaban J connectivity index is 2.19. The van der Waals surface area contributed by atoms with E-state index in [0.717, 1.165) is 19.1 Å². The molecule has 1 N–H and O–H groups in total. The van der Waals surface area contributed by atoms with E-state index >= 15 is 0 Å². The van der Waals surface area contributed by atoms with Gasteiger partial charge in [-0.25, -0.2) is 17.8 Å². The Kier molecular flexibility index (Phi) is 7.48. The molecule has 0 amide bonds. The van der Waals surface area contributed by atoms with Crippen LogP contribution in [0.15, 0.2) is 53.4 Å². The molecular formula is C24H26FNO5S. The van der Waals surface area contributed by atoms with Crippen molar-refractivity contribution in [2.24, 2.45) is 0 Å². The second-order valence-electron chi connectivity index (χ2n) is 7.35. The van der Waals surface area contributed by atoms with Gasteiger partial charge >= 0.3 is 0 Å².